The van der Waals surface area contributed by atoms with Gasteiger partial charge < -0.3 is 14.7 Å². The van der Waals surface area contributed by atoms with E-state index in [2.05, 4.69) is 4.98 Å². The molecule has 7 nitrogen and oxygen atoms in total. The first-order valence-electron chi connectivity index (χ1n) is 10.5. The summed E-state index contributed by atoms with van der Waals surface area (Å²) in [7, 11) is 3.16. The summed E-state index contributed by atoms with van der Waals surface area (Å²) in [6, 6.07) is 2.97. The summed E-state index contributed by atoms with van der Waals surface area (Å²) in [4.78, 5) is 35.5. The highest BCUT2D eigenvalue weighted by Gasteiger charge is 2.40. The first-order chi connectivity index (χ1) is 15.8. The van der Waals surface area contributed by atoms with Crippen LogP contribution in [0.25, 0.3) is 0 Å². The number of halogens is 2. The third kappa shape index (κ3) is 4.52. The molecule has 33 heavy (non-hydrogen) atoms. The summed E-state index contributed by atoms with van der Waals surface area (Å²) >= 11 is 7.74. The topological polar surface area (TPSA) is 92.1 Å². The number of carbonyl (C=O) groups is 2. The normalized spacial score (nSPS) is 23.3. The number of carboxylic acid groups (broad SMARTS) is 1. The van der Waals surface area contributed by atoms with E-state index < -0.39 is 17.8 Å². The number of nitrogens with zero attached hydrogens (tertiary/aromatic N) is 3. The molecule has 2 aliphatic rings. The van der Waals surface area contributed by atoms with Gasteiger partial charge in [0.2, 0.25) is 0 Å². The number of hydrogen-bond donors (Lipinski definition) is 1. The van der Waals surface area contributed by atoms with Crippen molar-refractivity contribution in [1.82, 2.24) is 9.88 Å². The lowest BCUT2D eigenvalue weighted by molar-refractivity contribution is -0.146. The van der Waals surface area contributed by atoms with Crippen LogP contribution in [0.15, 0.2) is 46.0 Å². The molecule has 10 heteroatoms. The predicted octanol–water partition coefficient (Wildman–Crippen LogP) is 4.69. The highest BCUT2D eigenvalue weighted by molar-refractivity contribution is 7.11. The minimum Gasteiger partial charge on any atom is -0.478 e. The van der Waals surface area contributed by atoms with E-state index >= 15 is 0 Å². The number of aromatic nitrogens is 1. The Hall–Kier alpha value is -2.78. The van der Waals surface area contributed by atoms with Gasteiger partial charge in [0.15, 0.2) is 10.8 Å². The van der Waals surface area contributed by atoms with Crippen molar-refractivity contribution < 1.29 is 23.8 Å². The number of methoxy groups -OCH3 is 1. The Kier molecular flexibility index (Phi) is 6.81. The lowest BCUT2D eigenvalue weighted by Crippen LogP contribution is -2.39. The van der Waals surface area contributed by atoms with Crippen LogP contribution >= 0.6 is 22.9 Å². The van der Waals surface area contributed by atoms with Crippen molar-refractivity contribution in [3.8, 4) is 0 Å². The van der Waals surface area contributed by atoms with Crippen LogP contribution in [0.5, 0.6) is 0 Å². The van der Waals surface area contributed by atoms with Gasteiger partial charge in [0.25, 0.3) is 0 Å². The van der Waals surface area contributed by atoms with Crippen LogP contribution < -0.4 is 0 Å². The van der Waals surface area contributed by atoms with E-state index in [-0.39, 0.29) is 28.4 Å². The summed E-state index contributed by atoms with van der Waals surface area (Å²) in [6.07, 6.45) is 4.13. The third-order valence-electron chi connectivity index (χ3n) is 6.24. The number of benzene rings is 1. The van der Waals surface area contributed by atoms with Crippen molar-refractivity contribution in [2.45, 2.75) is 31.7 Å². The molecule has 0 spiro atoms. The molecule has 1 atom stereocenters. The molecule has 0 saturated heterocycles. The van der Waals surface area contributed by atoms with Crippen molar-refractivity contribution in [2.24, 2.45) is 16.8 Å². The van der Waals surface area contributed by atoms with Gasteiger partial charge in [-0.15, -0.1) is 11.3 Å². The van der Waals surface area contributed by atoms with Gasteiger partial charge in [0, 0.05) is 34.9 Å². The van der Waals surface area contributed by atoms with Crippen LogP contribution in [0.4, 0.5) is 4.39 Å². The molecule has 2 aromatic rings. The van der Waals surface area contributed by atoms with Crippen LogP contribution in [0.2, 0.25) is 5.02 Å². The minimum absolute atomic E-state index is 0.103. The molecule has 1 saturated carbocycles. The molecule has 1 unspecified atom stereocenters. The van der Waals surface area contributed by atoms with Gasteiger partial charge in [-0.1, -0.05) is 17.7 Å². The van der Waals surface area contributed by atoms with Crippen LogP contribution in [0.1, 0.15) is 42.3 Å². The van der Waals surface area contributed by atoms with Crippen molar-refractivity contribution in [2.75, 3.05) is 14.2 Å². The lowest BCUT2D eigenvalue weighted by atomic mass is 9.77. The predicted molar refractivity (Wildman–Crippen MR) is 123 cm³/mol. The Bertz CT molecular complexity index is 1130. The Morgan fingerprint density at radius 1 is 1.27 bits per heavy atom. The highest BCUT2D eigenvalue weighted by Crippen LogP contribution is 2.44. The molecule has 1 fully saturated rings. The van der Waals surface area contributed by atoms with Crippen LogP contribution in [0, 0.1) is 17.7 Å². The number of aliphatic carboxylic acids is 1. The number of thiazole rings is 1. The number of carboxylic acids is 1. The fourth-order valence-electron chi connectivity index (χ4n) is 4.68. The van der Waals surface area contributed by atoms with E-state index in [1.165, 1.54) is 30.6 Å². The molecule has 2 heterocycles. The van der Waals surface area contributed by atoms with Crippen molar-refractivity contribution in [3.05, 3.63) is 62.5 Å². The molecule has 1 aromatic heterocycles. The van der Waals surface area contributed by atoms with Gasteiger partial charge in [-0.05, 0) is 43.7 Å². The summed E-state index contributed by atoms with van der Waals surface area (Å²) in [5, 5.41) is 12.8. The smallest absolute Gasteiger partial charge is 0.335 e. The number of esters is 1. The van der Waals surface area contributed by atoms with E-state index in [0.717, 1.165) is 6.07 Å². The maximum absolute atomic E-state index is 13.7. The molecule has 1 aliphatic heterocycles. The van der Waals surface area contributed by atoms with Gasteiger partial charge >= 0.3 is 11.9 Å². The molecule has 174 valence electrons. The quantitative estimate of drug-likeness (QED) is 0.610. The molecule has 4 rings (SSSR count). The lowest BCUT2D eigenvalue weighted by Gasteiger charge is -2.39. The number of carbonyl (C=O) groups excluding carboxylic acids is 1. The zero-order valence-corrected chi connectivity index (χ0v) is 19.7. The molecular weight excluding hydrogens is 469 g/mol. The van der Waals surface area contributed by atoms with E-state index in [9.17, 15) is 19.1 Å². The van der Waals surface area contributed by atoms with Gasteiger partial charge in [-0.2, -0.15) is 0 Å². The monoisotopic (exact) mass is 491 g/mol. The second-order valence-corrected chi connectivity index (χ2v) is 9.39. The Labute approximate surface area is 199 Å². The molecule has 0 radical (unpaired) electrons. The second kappa shape index (κ2) is 9.61. The summed E-state index contributed by atoms with van der Waals surface area (Å²) in [5.41, 5.74) is 1.14. The zero-order chi connectivity index (χ0) is 23.7. The van der Waals surface area contributed by atoms with E-state index in [4.69, 9.17) is 21.3 Å². The van der Waals surface area contributed by atoms with Crippen LogP contribution in [-0.4, -0.2) is 46.9 Å². The summed E-state index contributed by atoms with van der Waals surface area (Å²) in [6.45, 7) is 0. The number of allylic oxidation sites excluding steroid dienone is 1. The maximum Gasteiger partial charge on any atom is 0.335 e. The number of hydrogen-bond acceptors (Lipinski definition) is 7. The Morgan fingerprint density at radius 2 is 2.00 bits per heavy atom. The fraction of sp³-hybridized carbons (Fsp3) is 0.391. The van der Waals surface area contributed by atoms with E-state index in [0.29, 0.717) is 47.8 Å². The molecule has 1 aliphatic carbocycles. The molecule has 0 amide bonds. The standard InChI is InChI=1S/C23H23ClFN3O4S/c1-28-19(12-3-5-13(6-4-12)23(31)32-2)17(22(29)30)18(15-8-7-14(25)11-16(15)24)27-20(28)21-26-9-10-33-21/h7-13,18H,3-6H2,1-2H3,(H,29,30). The van der Waals surface area contributed by atoms with Crippen molar-refractivity contribution in [3.63, 3.8) is 0 Å². The number of amidine groups is 1. The average Bonchev–Trinajstić information content (AvgIpc) is 3.33. The van der Waals surface area contributed by atoms with Gasteiger partial charge in [-0.25, -0.2) is 14.2 Å². The molecular formula is C23H23ClFN3O4S. The maximum atomic E-state index is 13.7. The number of ether oxygens (including phenoxy) is 1. The number of aliphatic imine (C=N–C) groups is 1. The largest absolute Gasteiger partial charge is 0.478 e. The van der Waals surface area contributed by atoms with Crippen molar-refractivity contribution >= 4 is 40.7 Å². The zero-order valence-electron chi connectivity index (χ0n) is 18.1. The van der Waals surface area contributed by atoms with Gasteiger partial charge in [0.05, 0.1) is 18.6 Å². The van der Waals surface area contributed by atoms with Gasteiger partial charge in [0.1, 0.15) is 11.9 Å². The molecule has 0 bridgehead atoms. The fourth-order valence-corrected chi connectivity index (χ4v) is 5.62. The average molecular weight is 492 g/mol. The number of rotatable bonds is 5. The van der Waals surface area contributed by atoms with Crippen molar-refractivity contribution in [1.29, 1.82) is 0 Å². The first-order valence-corrected chi connectivity index (χ1v) is 11.8. The summed E-state index contributed by atoms with van der Waals surface area (Å²) in [5.74, 6) is -1.62. The Morgan fingerprint density at radius 3 is 2.58 bits per heavy atom. The van der Waals surface area contributed by atoms with E-state index in [1.807, 2.05) is 5.38 Å². The minimum atomic E-state index is -1.11. The SMILES string of the molecule is COC(=O)C1CCC(C2=C(C(=O)O)C(c3ccc(F)cc3Cl)N=C(c3nccs3)N2C)CC1. The molecule has 1 N–H and O–H groups in total. The first kappa shape index (κ1) is 23.4. The van der Waals surface area contributed by atoms with Gasteiger partial charge in [-0.3, -0.25) is 9.79 Å². The van der Waals surface area contributed by atoms with Crippen LogP contribution in [-0.2, 0) is 14.3 Å². The molecule has 1 aromatic carbocycles. The van der Waals surface area contributed by atoms with E-state index in [1.54, 1.807) is 18.1 Å². The van der Waals surface area contributed by atoms with Crippen LogP contribution in [0.3, 0.4) is 0 Å². The highest BCUT2D eigenvalue weighted by atomic mass is 35.5. The Balaban J connectivity index is 1.82. The summed E-state index contributed by atoms with van der Waals surface area (Å²) < 4.78 is 18.6. The second-order valence-electron chi connectivity index (χ2n) is 8.09. The third-order valence-corrected chi connectivity index (χ3v) is 7.34.